The molecule has 1 unspecified atom stereocenters. The lowest BCUT2D eigenvalue weighted by molar-refractivity contribution is -0.140. The number of carbonyl (C=O) groups is 2. The Labute approximate surface area is 207 Å². The molecule has 1 saturated heterocycles. The molecule has 1 aliphatic rings. The van der Waals surface area contributed by atoms with Crippen LogP contribution in [0.15, 0.2) is 54.1 Å². The summed E-state index contributed by atoms with van der Waals surface area (Å²) in [6.07, 6.45) is 1.94. The molecule has 0 radical (unpaired) electrons. The van der Waals surface area contributed by atoms with Crippen molar-refractivity contribution in [3.63, 3.8) is 0 Å². The van der Waals surface area contributed by atoms with Gasteiger partial charge >= 0.3 is 0 Å². The third-order valence-corrected chi connectivity index (χ3v) is 6.40. The fourth-order valence-corrected chi connectivity index (χ4v) is 4.30. The predicted molar refractivity (Wildman–Crippen MR) is 137 cm³/mol. The van der Waals surface area contributed by atoms with Crippen LogP contribution in [-0.2, 0) is 9.59 Å². The number of nitrogens with zero attached hydrogens (tertiary/aromatic N) is 2. The summed E-state index contributed by atoms with van der Waals surface area (Å²) in [6.45, 7) is 9.45. The maximum absolute atomic E-state index is 13.2. The number of rotatable bonds is 12. The van der Waals surface area contributed by atoms with Crippen LogP contribution in [-0.4, -0.2) is 66.5 Å². The van der Waals surface area contributed by atoms with E-state index in [1.165, 1.54) is 0 Å². The van der Waals surface area contributed by atoms with Crippen LogP contribution in [0, 0.1) is 0 Å². The highest BCUT2D eigenvalue weighted by atomic mass is 16.5. The predicted octanol–water partition coefficient (Wildman–Crippen LogP) is 4.64. The van der Waals surface area contributed by atoms with Crippen molar-refractivity contribution in [2.24, 2.45) is 0 Å². The van der Waals surface area contributed by atoms with E-state index in [0.717, 1.165) is 25.9 Å². The summed E-state index contributed by atoms with van der Waals surface area (Å²) in [5.41, 5.74) is 1.26. The van der Waals surface area contributed by atoms with Gasteiger partial charge in [-0.3, -0.25) is 9.59 Å². The van der Waals surface area contributed by atoms with E-state index in [1.807, 2.05) is 12.1 Å². The van der Waals surface area contributed by atoms with Crippen molar-refractivity contribution < 1.29 is 24.2 Å². The molecule has 1 fully saturated rings. The van der Waals surface area contributed by atoms with Crippen LogP contribution < -0.4 is 9.47 Å². The lowest BCUT2D eigenvalue weighted by atomic mass is 9.95. The summed E-state index contributed by atoms with van der Waals surface area (Å²) in [4.78, 5) is 30.1. The molecule has 188 valence electrons. The van der Waals surface area contributed by atoms with E-state index in [9.17, 15) is 14.7 Å². The summed E-state index contributed by atoms with van der Waals surface area (Å²) in [5, 5.41) is 11.2. The second-order valence-electron chi connectivity index (χ2n) is 8.50. The van der Waals surface area contributed by atoms with Gasteiger partial charge in [0.25, 0.3) is 11.7 Å². The van der Waals surface area contributed by atoms with Crippen LogP contribution in [0.1, 0.15) is 50.8 Å². The van der Waals surface area contributed by atoms with E-state index < -0.39 is 17.7 Å². The molecule has 0 aromatic heterocycles. The Hall–Kier alpha value is -3.32. The number of hydrogen-bond donors (Lipinski definition) is 1. The SMILES string of the molecule is CCCCOc1ccc(C2/C(=C(\O)c3ccccc3)C(=O)C(=O)N2CCN(CC)CC)cc1OC. The molecule has 0 aliphatic carbocycles. The first-order valence-corrected chi connectivity index (χ1v) is 12.3. The van der Waals surface area contributed by atoms with Gasteiger partial charge in [-0.25, -0.2) is 0 Å². The van der Waals surface area contributed by atoms with Gasteiger partial charge in [0.05, 0.1) is 25.3 Å². The molecule has 7 nitrogen and oxygen atoms in total. The molecule has 1 heterocycles. The van der Waals surface area contributed by atoms with E-state index in [1.54, 1.807) is 48.4 Å². The van der Waals surface area contributed by atoms with Gasteiger partial charge in [0, 0.05) is 18.7 Å². The highest BCUT2D eigenvalue weighted by Gasteiger charge is 2.46. The fraction of sp³-hybridized carbons (Fsp3) is 0.429. The zero-order valence-electron chi connectivity index (χ0n) is 21.1. The van der Waals surface area contributed by atoms with Gasteiger partial charge in [-0.05, 0) is 37.2 Å². The molecule has 0 bridgehead atoms. The third kappa shape index (κ3) is 5.85. The summed E-state index contributed by atoms with van der Waals surface area (Å²) in [6, 6.07) is 13.5. The fourth-order valence-electron chi connectivity index (χ4n) is 4.30. The van der Waals surface area contributed by atoms with Crippen molar-refractivity contribution in [2.75, 3.05) is 39.9 Å². The molecule has 2 aromatic rings. The number of aliphatic hydroxyl groups excluding tert-OH is 1. The quantitative estimate of drug-likeness (QED) is 0.206. The lowest BCUT2D eigenvalue weighted by Crippen LogP contribution is -2.38. The standard InChI is InChI=1S/C28H36N2O5/c1-5-8-18-35-22-15-14-21(19-23(22)34-4)25-24(26(31)20-12-10-9-11-13-20)27(32)28(33)30(25)17-16-29(6-2)7-3/h9-15,19,25,31H,5-8,16-18H2,1-4H3/b26-24+. The summed E-state index contributed by atoms with van der Waals surface area (Å²) >= 11 is 0. The minimum Gasteiger partial charge on any atom is -0.507 e. The number of ketones is 1. The number of benzene rings is 2. The molecule has 1 aliphatic heterocycles. The van der Waals surface area contributed by atoms with E-state index >= 15 is 0 Å². The van der Waals surface area contributed by atoms with Crippen LogP contribution in [0.4, 0.5) is 0 Å². The summed E-state index contributed by atoms with van der Waals surface area (Å²) < 4.78 is 11.4. The molecule has 3 rings (SSSR count). The summed E-state index contributed by atoms with van der Waals surface area (Å²) in [7, 11) is 1.56. The van der Waals surface area contributed by atoms with Crippen molar-refractivity contribution in [3.05, 3.63) is 65.2 Å². The highest BCUT2D eigenvalue weighted by molar-refractivity contribution is 6.46. The lowest BCUT2D eigenvalue weighted by Gasteiger charge is -2.28. The average molecular weight is 481 g/mol. The maximum Gasteiger partial charge on any atom is 0.295 e. The van der Waals surface area contributed by atoms with E-state index in [2.05, 4.69) is 25.7 Å². The van der Waals surface area contributed by atoms with Crippen LogP contribution >= 0.6 is 0 Å². The molecule has 35 heavy (non-hydrogen) atoms. The van der Waals surface area contributed by atoms with Crippen molar-refractivity contribution >= 4 is 17.4 Å². The second-order valence-corrected chi connectivity index (χ2v) is 8.50. The van der Waals surface area contributed by atoms with E-state index in [4.69, 9.17) is 9.47 Å². The number of likely N-dealkylation sites (N-methyl/N-ethyl adjacent to an activating group) is 1. The minimum absolute atomic E-state index is 0.0856. The number of carbonyl (C=O) groups excluding carboxylic acids is 2. The molecular weight excluding hydrogens is 444 g/mol. The molecule has 0 saturated carbocycles. The zero-order valence-corrected chi connectivity index (χ0v) is 21.1. The number of methoxy groups -OCH3 is 1. The van der Waals surface area contributed by atoms with Gasteiger partial charge < -0.3 is 24.4 Å². The van der Waals surface area contributed by atoms with Gasteiger partial charge in [-0.2, -0.15) is 0 Å². The molecule has 1 atom stereocenters. The Bertz CT molecular complexity index is 1050. The van der Waals surface area contributed by atoms with Crippen molar-refractivity contribution in [1.29, 1.82) is 0 Å². The van der Waals surface area contributed by atoms with Crippen LogP contribution in [0.5, 0.6) is 11.5 Å². The van der Waals surface area contributed by atoms with Crippen LogP contribution in [0.3, 0.4) is 0 Å². The van der Waals surface area contributed by atoms with Crippen molar-refractivity contribution in [2.45, 2.75) is 39.7 Å². The second kappa shape index (κ2) is 12.4. The smallest absolute Gasteiger partial charge is 0.295 e. The highest BCUT2D eigenvalue weighted by Crippen LogP contribution is 2.41. The normalized spacial score (nSPS) is 17.3. The topological polar surface area (TPSA) is 79.3 Å². The number of likely N-dealkylation sites (tertiary alicyclic amines) is 1. The number of Topliss-reactive ketones (excluding diaryl/α,β-unsaturated/α-hetero) is 1. The van der Waals surface area contributed by atoms with Gasteiger partial charge in [-0.15, -0.1) is 0 Å². The Balaban J connectivity index is 2.08. The largest absolute Gasteiger partial charge is 0.507 e. The van der Waals surface area contributed by atoms with Gasteiger partial charge in [0.1, 0.15) is 5.76 Å². The molecule has 1 amide bonds. The van der Waals surface area contributed by atoms with Crippen LogP contribution in [0.25, 0.3) is 5.76 Å². The van der Waals surface area contributed by atoms with Crippen LogP contribution in [0.2, 0.25) is 0 Å². The number of aliphatic hydroxyl groups is 1. The van der Waals surface area contributed by atoms with Crippen molar-refractivity contribution in [3.8, 4) is 11.5 Å². The first kappa shape index (κ1) is 26.3. The molecular formula is C28H36N2O5. The number of hydrogen-bond acceptors (Lipinski definition) is 6. The Morgan fingerprint density at radius 3 is 2.37 bits per heavy atom. The average Bonchev–Trinajstić information content (AvgIpc) is 3.14. The number of ether oxygens (including phenoxy) is 2. The molecule has 2 aromatic carbocycles. The van der Waals surface area contributed by atoms with Gasteiger partial charge in [-0.1, -0.05) is 63.6 Å². The molecule has 1 N–H and O–H groups in total. The van der Waals surface area contributed by atoms with E-state index in [0.29, 0.717) is 42.3 Å². The monoisotopic (exact) mass is 480 g/mol. The Kier molecular flexibility index (Phi) is 9.32. The molecule has 7 heteroatoms. The third-order valence-electron chi connectivity index (χ3n) is 6.40. The minimum atomic E-state index is -0.732. The Morgan fingerprint density at radius 1 is 1.03 bits per heavy atom. The van der Waals surface area contributed by atoms with Gasteiger partial charge in [0.15, 0.2) is 11.5 Å². The Morgan fingerprint density at radius 2 is 1.74 bits per heavy atom. The zero-order chi connectivity index (χ0) is 25.4. The number of unbranched alkanes of at least 4 members (excludes halogenated alkanes) is 1. The van der Waals surface area contributed by atoms with E-state index in [-0.39, 0.29) is 11.3 Å². The molecule has 0 spiro atoms. The van der Waals surface area contributed by atoms with Crippen molar-refractivity contribution in [1.82, 2.24) is 9.80 Å². The maximum atomic E-state index is 13.2. The first-order chi connectivity index (χ1) is 17.0. The first-order valence-electron chi connectivity index (χ1n) is 12.3. The summed E-state index contributed by atoms with van der Waals surface area (Å²) in [5.74, 6) is -0.345. The number of amides is 1. The van der Waals surface area contributed by atoms with Gasteiger partial charge in [0.2, 0.25) is 0 Å².